The molecule has 1 unspecified atom stereocenters. The van der Waals surface area contributed by atoms with Crippen LogP contribution in [0.5, 0.6) is 5.75 Å². The molecule has 1 atom stereocenters. The molecule has 5 heteroatoms. The summed E-state index contributed by atoms with van der Waals surface area (Å²) in [5, 5.41) is 12.2. The molecule has 0 bridgehead atoms. The van der Waals surface area contributed by atoms with Crippen LogP contribution in [0.4, 0.5) is 0 Å². The van der Waals surface area contributed by atoms with Gasteiger partial charge in [-0.25, -0.2) is 0 Å². The Morgan fingerprint density at radius 3 is 2.88 bits per heavy atom. The number of phenolic OH excluding ortho intramolecular Hbond substituents is 1. The molecule has 0 aliphatic carbocycles. The van der Waals surface area contributed by atoms with Gasteiger partial charge in [0.15, 0.2) is 0 Å². The second-order valence-corrected chi connectivity index (χ2v) is 4.91. The Balaban J connectivity index is 2.38. The Bertz CT molecular complexity index is 371. The Morgan fingerprint density at radius 1 is 1.53 bits per heavy atom. The molecule has 94 valence electrons. The van der Waals surface area contributed by atoms with Crippen LogP contribution in [0, 0.1) is 0 Å². The monoisotopic (exact) mass is 301 g/mol. The zero-order chi connectivity index (χ0) is 12.7. The Hall–Kier alpha value is -1.07. The summed E-state index contributed by atoms with van der Waals surface area (Å²) in [6.07, 6.45) is 0.771. The van der Waals surface area contributed by atoms with Crippen molar-refractivity contribution in [2.45, 2.75) is 11.2 Å². The molecule has 1 rings (SSSR count). The maximum Gasteiger partial charge on any atom is 0.255 e. The zero-order valence-electron chi connectivity index (χ0n) is 9.65. The first-order valence-electron chi connectivity index (χ1n) is 5.34. The summed E-state index contributed by atoms with van der Waals surface area (Å²) in [6, 6.07) is 6.48. The highest BCUT2D eigenvalue weighted by atomic mass is 79.9. The number of phenols is 1. The number of methoxy groups -OCH3 is 1. The Labute approximate surface area is 109 Å². The SMILES string of the molecule is COCC(Br)CCNC(=O)c1ccccc1O. The van der Waals surface area contributed by atoms with Crippen LogP contribution >= 0.6 is 15.9 Å². The first-order valence-corrected chi connectivity index (χ1v) is 6.26. The number of rotatable bonds is 6. The van der Waals surface area contributed by atoms with Crippen LogP contribution in [0.3, 0.4) is 0 Å². The van der Waals surface area contributed by atoms with Crippen molar-refractivity contribution < 1.29 is 14.6 Å². The number of nitrogens with one attached hydrogen (secondary N) is 1. The van der Waals surface area contributed by atoms with Crippen LogP contribution in [0.2, 0.25) is 0 Å². The number of para-hydroxylation sites is 1. The molecule has 0 radical (unpaired) electrons. The highest BCUT2D eigenvalue weighted by molar-refractivity contribution is 9.09. The molecule has 1 aromatic carbocycles. The molecule has 0 fully saturated rings. The average Bonchev–Trinajstić information content (AvgIpc) is 2.29. The number of benzene rings is 1. The lowest BCUT2D eigenvalue weighted by atomic mass is 10.2. The normalized spacial score (nSPS) is 12.1. The van der Waals surface area contributed by atoms with Gasteiger partial charge in [-0.2, -0.15) is 0 Å². The molecular weight excluding hydrogens is 286 g/mol. The van der Waals surface area contributed by atoms with Gasteiger partial charge in [-0.15, -0.1) is 0 Å². The molecule has 0 aliphatic heterocycles. The molecule has 0 saturated carbocycles. The van der Waals surface area contributed by atoms with Gasteiger partial charge in [-0.1, -0.05) is 28.1 Å². The predicted molar refractivity (Wildman–Crippen MR) is 69.6 cm³/mol. The number of aromatic hydroxyl groups is 1. The van der Waals surface area contributed by atoms with E-state index in [2.05, 4.69) is 21.2 Å². The van der Waals surface area contributed by atoms with E-state index in [1.54, 1.807) is 25.3 Å². The van der Waals surface area contributed by atoms with E-state index in [4.69, 9.17) is 4.74 Å². The van der Waals surface area contributed by atoms with Gasteiger partial charge in [0.25, 0.3) is 5.91 Å². The molecular formula is C12H16BrNO3. The van der Waals surface area contributed by atoms with E-state index in [0.29, 0.717) is 18.7 Å². The first kappa shape index (κ1) is 14.0. The quantitative estimate of drug-likeness (QED) is 0.789. The lowest BCUT2D eigenvalue weighted by Crippen LogP contribution is -2.26. The van der Waals surface area contributed by atoms with E-state index in [1.807, 2.05) is 0 Å². The number of carbonyl (C=O) groups excluding carboxylic acids is 1. The minimum Gasteiger partial charge on any atom is -0.507 e. The van der Waals surface area contributed by atoms with Gasteiger partial charge in [-0.05, 0) is 18.6 Å². The van der Waals surface area contributed by atoms with E-state index >= 15 is 0 Å². The third-order valence-electron chi connectivity index (χ3n) is 2.24. The third-order valence-corrected chi connectivity index (χ3v) is 2.96. The van der Waals surface area contributed by atoms with Crippen LogP contribution in [0.15, 0.2) is 24.3 Å². The van der Waals surface area contributed by atoms with E-state index in [1.165, 1.54) is 6.07 Å². The van der Waals surface area contributed by atoms with E-state index in [-0.39, 0.29) is 16.5 Å². The maximum absolute atomic E-state index is 11.7. The standard InChI is InChI=1S/C12H16BrNO3/c1-17-8-9(13)6-7-14-12(16)10-4-2-3-5-11(10)15/h2-5,9,15H,6-8H2,1H3,(H,14,16). The van der Waals surface area contributed by atoms with Crippen molar-refractivity contribution in [3.63, 3.8) is 0 Å². The molecule has 0 spiro atoms. The number of ether oxygens (including phenoxy) is 1. The molecule has 0 aromatic heterocycles. The topological polar surface area (TPSA) is 58.6 Å². The minimum absolute atomic E-state index is 0.00252. The number of amides is 1. The van der Waals surface area contributed by atoms with Gasteiger partial charge in [0, 0.05) is 18.5 Å². The number of alkyl halides is 1. The fraction of sp³-hybridized carbons (Fsp3) is 0.417. The van der Waals surface area contributed by atoms with Gasteiger partial charge in [0.1, 0.15) is 5.75 Å². The summed E-state index contributed by atoms with van der Waals surface area (Å²) in [5.41, 5.74) is 0.297. The summed E-state index contributed by atoms with van der Waals surface area (Å²) in [6.45, 7) is 1.14. The third kappa shape index (κ3) is 4.75. The van der Waals surface area contributed by atoms with E-state index < -0.39 is 0 Å². The number of carbonyl (C=O) groups is 1. The van der Waals surface area contributed by atoms with Crippen molar-refractivity contribution in [1.29, 1.82) is 0 Å². The van der Waals surface area contributed by atoms with Crippen molar-refractivity contribution in [1.82, 2.24) is 5.32 Å². The van der Waals surface area contributed by atoms with Crippen molar-refractivity contribution in [3.05, 3.63) is 29.8 Å². The molecule has 1 amide bonds. The Kier molecular flexibility index (Phi) is 6.00. The molecule has 0 heterocycles. The summed E-state index contributed by atoms with van der Waals surface area (Å²) < 4.78 is 4.97. The molecule has 0 saturated heterocycles. The molecule has 1 aromatic rings. The second-order valence-electron chi connectivity index (χ2n) is 3.61. The van der Waals surface area contributed by atoms with Gasteiger partial charge in [0.05, 0.1) is 12.2 Å². The lowest BCUT2D eigenvalue weighted by molar-refractivity contribution is 0.0949. The van der Waals surface area contributed by atoms with Crippen molar-refractivity contribution >= 4 is 21.8 Å². The highest BCUT2D eigenvalue weighted by Crippen LogP contribution is 2.15. The van der Waals surface area contributed by atoms with Gasteiger partial charge in [-0.3, -0.25) is 4.79 Å². The molecule has 17 heavy (non-hydrogen) atoms. The van der Waals surface area contributed by atoms with Crippen molar-refractivity contribution in [2.75, 3.05) is 20.3 Å². The first-order chi connectivity index (χ1) is 8.15. The van der Waals surface area contributed by atoms with Crippen molar-refractivity contribution in [2.24, 2.45) is 0 Å². The Morgan fingerprint density at radius 2 is 2.24 bits per heavy atom. The summed E-state index contributed by atoms with van der Waals surface area (Å²) in [5.74, 6) is -0.266. The number of hydrogen-bond donors (Lipinski definition) is 2. The van der Waals surface area contributed by atoms with Crippen LogP contribution in [0.1, 0.15) is 16.8 Å². The summed E-state index contributed by atoms with van der Waals surface area (Å²) in [4.78, 5) is 11.9. The largest absolute Gasteiger partial charge is 0.507 e. The fourth-order valence-electron chi connectivity index (χ4n) is 1.37. The molecule has 2 N–H and O–H groups in total. The number of hydrogen-bond acceptors (Lipinski definition) is 3. The van der Waals surface area contributed by atoms with E-state index in [0.717, 1.165) is 6.42 Å². The van der Waals surface area contributed by atoms with E-state index in [9.17, 15) is 9.90 Å². The van der Waals surface area contributed by atoms with Crippen molar-refractivity contribution in [3.8, 4) is 5.75 Å². The smallest absolute Gasteiger partial charge is 0.255 e. The van der Waals surface area contributed by atoms with Gasteiger partial charge >= 0.3 is 0 Å². The molecule has 4 nitrogen and oxygen atoms in total. The number of halogens is 1. The highest BCUT2D eigenvalue weighted by Gasteiger charge is 2.10. The van der Waals surface area contributed by atoms with Crippen LogP contribution in [-0.4, -0.2) is 36.1 Å². The van der Waals surface area contributed by atoms with Crippen LogP contribution < -0.4 is 5.32 Å². The molecule has 0 aliphatic rings. The van der Waals surface area contributed by atoms with Gasteiger partial charge in [0.2, 0.25) is 0 Å². The average molecular weight is 302 g/mol. The van der Waals surface area contributed by atoms with Crippen LogP contribution in [0.25, 0.3) is 0 Å². The summed E-state index contributed by atoms with van der Waals surface area (Å²) in [7, 11) is 1.63. The minimum atomic E-state index is -0.264. The second kappa shape index (κ2) is 7.29. The van der Waals surface area contributed by atoms with Gasteiger partial charge < -0.3 is 15.2 Å². The van der Waals surface area contributed by atoms with Crippen LogP contribution in [-0.2, 0) is 4.74 Å². The zero-order valence-corrected chi connectivity index (χ0v) is 11.2. The summed E-state index contributed by atoms with van der Waals surface area (Å²) >= 11 is 3.43. The maximum atomic E-state index is 11.7. The predicted octanol–water partition coefficient (Wildman–Crippen LogP) is 1.92. The fourth-order valence-corrected chi connectivity index (χ4v) is 1.86. The lowest BCUT2D eigenvalue weighted by Gasteiger charge is -2.10.